The topological polar surface area (TPSA) is 63.8 Å². The summed E-state index contributed by atoms with van der Waals surface area (Å²) in [6.45, 7) is 2.12. The van der Waals surface area contributed by atoms with Crippen molar-refractivity contribution in [3.8, 4) is 0 Å². The molecule has 0 saturated carbocycles. The Balaban J connectivity index is 2.19. The lowest BCUT2D eigenvalue weighted by Gasteiger charge is -2.20. The Morgan fingerprint density at radius 2 is 2.00 bits per heavy atom. The summed E-state index contributed by atoms with van der Waals surface area (Å²) in [4.78, 5) is 8.87. The van der Waals surface area contributed by atoms with Crippen LogP contribution < -0.4 is 11.3 Å². The van der Waals surface area contributed by atoms with Gasteiger partial charge >= 0.3 is 0 Å². The number of aryl methyl sites for hydroxylation is 1. The Labute approximate surface area is 124 Å². The van der Waals surface area contributed by atoms with Gasteiger partial charge in [-0.25, -0.2) is 5.43 Å². The molecular formula is C17H18N4. The molecular weight excluding hydrogens is 260 g/mol. The van der Waals surface area contributed by atoms with Crippen molar-refractivity contribution in [1.82, 2.24) is 15.4 Å². The summed E-state index contributed by atoms with van der Waals surface area (Å²) in [5.74, 6) is 5.83. The highest BCUT2D eigenvalue weighted by molar-refractivity contribution is 5.85. The van der Waals surface area contributed by atoms with Crippen molar-refractivity contribution in [2.45, 2.75) is 19.4 Å². The summed E-state index contributed by atoms with van der Waals surface area (Å²) in [5.41, 5.74) is 6.09. The molecule has 21 heavy (non-hydrogen) atoms. The van der Waals surface area contributed by atoms with Gasteiger partial charge in [-0.1, -0.05) is 37.3 Å². The molecule has 1 atom stereocenters. The molecule has 2 aromatic heterocycles. The number of rotatable bonds is 4. The van der Waals surface area contributed by atoms with E-state index in [9.17, 15) is 0 Å². The molecule has 1 unspecified atom stereocenters. The number of nitrogens with one attached hydrogen (secondary N) is 1. The molecule has 1 aromatic carbocycles. The van der Waals surface area contributed by atoms with Gasteiger partial charge in [0.15, 0.2) is 0 Å². The smallest absolute Gasteiger partial charge is 0.0905 e. The summed E-state index contributed by atoms with van der Waals surface area (Å²) in [6, 6.07) is 12.1. The predicted molar refractivity (Wildman–Crippen MR) is 84.5 cm³/mol. The van der Waals surface area contributed by atoms with E-state index in [4.69, 9.17) is 5.84 Å². The van der Waals surface area contributed by atoms with E-state index in [1.54, 1.807) is 6.20 Å². The van der Waals surface area contributed by atoms with E-state index >= 15 is 0 Å². The molecule has 0 aliphatic carbocycles. The first-order valence-corrected chi connectivity index (χ1v) is 7.07. The molecule has 106 valence electrons. The van der Waals surface area contributed by atoms with Crippen LogP contribution in [0.2, 0.25) is 0 Å². The number of nitrogens with zero attached hydrogens (tertiary/aromatic N) is 2. The number of hydrogen-bond donors (Lipinski definition) is 2. The van der Waals surface area contributed by atoms with Crippen LogP contribution in [0.5, 0.6) is 0 Å². The lowest BCUT2D eigenvalue weighted by Crippen LogP contribution is -2.30. The summed E-state index contributed by atoms with van der Waals surface area (Å²) in [5, 5.41) is 2.24. The first-order valence-electron chi connectivity index (χ1n) is 7.07. The number of fused-ring (bicyclic) bond motifs is 1. The van der Waals surface area contributed by atoms with Crippen LogP contribution in [0.4, 0.5) is 0 Å². The van der Waals surface area contributed by atoms with Gasteiger partial charge in [-0.2, -0.15) is 0 Å². The molecule has 0 aliphatic heterocycles. The van der Waals surface area contributed by atoms with Crippen LogP contribution in [0.25, 0.3) is 10.8 Å². The van der Waals surface area contributed by atoms with Crippen LogP contribution >= 0.6 is 0 Å². The first kappa shape index (κ1) is 13.7. The molecule has 0 spiro atoms. The molecule has 3 aromatic rings. The van der Waals surface area contributed by atoms with E-state index in [0.29, 0.717) is 0 Å². The average molecular weight is 278 g/mol. The Bertz CT molecular complexity index is 749. The maximum absolute atomic E-state index is 5.83. The van der Waals surface area contributed by atoms with Crippen molar-refractivity contribution in [1.29, 1.82) is 0 Å². The Morgan fingerprint density at radius 3 is 2.81 bits per heavy atom. The Kier molecular flexibility index (Phi) is 3.90. The average Bonchev–Trinajstić information content (AvgIpc) is 2.56. The standard InChI is InChI=1S/C17H18N4/c1-2-12-7-5-9-20-16(12)17(21-18)15-11-19-10-13-6-3-4-8-14(13)15/h3-11,17,21H,2,18H2,1H3. The van der Waals surface area contributed by atoms with Gasteiger partial charge in [0, 0.05) is 29.5 Å². The summed E-state index contributed by atoms with van der Waals surface area (Å²) < 4.78 is 0. The molecule has 0 saturated heterocycles. The van der Waals surface area contributed by atoms with Gasteiger partial charge in [0.05, 0.1) is 11.7 Å². The van der Waals surface area contributed by atoms with Gasteiger partial charge in [0.25, 0.3) is 0 Å². The van der Waals surface area contributed by atoms with Crippen molar-refractivity contribution in [3.63, 3.8) is 0 Å². The van der Waals surface area contributed by atoms with E-state index < -0.39 is 0 Å². The van der Waals surface area contributed by atoms with Gasteiger partial charge < -0.3 is 0 Å². The molecule has 0 amide bonds. The second-order valence-corrected chi connectivity index (χ2v) is 4.95. The van der Waals surface area contributed by atoms with Crippen molar-refractivity contribution in [2.24, 2.45) is 5.84 Å². The third kappa shape index (κ3) is 2.51. The lowest BCUT2D eigenvalue weighted by molar-refractivity contribution is 0.616. The number of benzene rings is 1. The van der Waals surface area contributed by atoms with Crippen LogP contribution in [-0.2, 0) is 6.42 Å². The normalized spacial score (nSPS) is 12.5. The Hall–Kier alpha value is -2.30. The number of hydrogen-bond acceptors (Lipinski definition) is 4. The molecule has 0 bridgehead atoms. The number of pyridine rings is 2. The third-order valence-corrected chi connectivity index (χ3v) is 3.76. The van der Waals surface area contributed by atoms with E-state index in [2.05, 4.69) is 40.5 Å². The Morgan fingerprint density at radius 1 is 1.14 bits per heavy atom. The van der Waals surface area contributed by atoms with Crippen LogP contribution in [0, 0.1) is 0 Å². The first-order chi connectivity index (χ1) is 10.3. The van der Waals surface area contributed by atoms with Crippen molar-refractivity contribution < 1.29 is 0 Å². The molecule has 0 radical (unpaired) electrons. The highest BCUT2D eigenvalue weighted by Gasteiger charge is 2.19. The zero-order chi connectivity index (χ0) is 14.7. The second-order valence-electron chi connectivity index (χ2n) is 4.95. The summed E-state index contributed by atoms with van der Waals surface area (Å²) in [6.07, 6.45) is 6.45. The highest BCUT2D eigenvalue weighted by Crippen LogP contribution is 2.28. The highest BCUT2D eigenvalue weighted by atomic mass is 15.2. The molecule has 4 nitrogen and oxygen atoms in total. The third-order valence-electron chi connectivity index (χ3n) is 3.76. The minimum absolute atomic E-state index is 0.167. The molecule has 2 heterocycles. The molecule has 3 N–H and O–H groups in total. The maximum Gasteiger partial charge on any atom is 0.0905 e. The minimum atomic E-state index is -0.167. The maximum atomic E-state index is 5.83. The van der Waals surface area contributed by atoms with Crippen LogP contribution in [0.15, 0.2) is 55.0 Å². The summed E-state index contributed by atoms with van der Waals surface area (Å²) in [7, 11) is 0. The van der Waals surface area contributed by atoms with Crippen LogP contribution in [0.3, 0.4) is 0 Å². The zero-order valence-corrected chi connectivity index (χ0v) is 12.0. The fraction of sp³-hybridized carbons (Fsp3) is 0.176. The van der Waals surface area contributed by atoms with E-state index in [1.807, 2.05) is 30.6 Å². The van der Waals surface area contributed by atoms with Crippen LogP contribution in [-0.4, -0.2) is 9.97 Å². The monoisotopic (exact) mass is 278 g/mol. The molecule has 4 heteroatoms. The fourth-order valence-electron chi connectivity index (χ4n) is 2.70. The van der Waals surface area contributed by atoms with Crippen molar-refractivity contribution in [3.05, 3.63) is 71.8 Å². The van der Waals surface area contributed by atoms with E-state index in [0.717, 1.165) is 28.5 Å². The minimum Gasteiger partial charge on any atom is -0.271 e. The number of nitrogens with two attached hydrogens (primary N) is 1. The van der Waals surface area contributed by atoms with Gasteiger partial charge in [-0.05, 0) is 23.4 Å². The van der Waals surface area contributed by atoms with Gasteiger partial charge in [-0.15, -0.1) is 0 Å². The molecule has 0 fully saturated rings. The van der Waals surface area contributed by atoms with Crippen LogP contribution in [0.1, 0.15) is 29.8 Å². The quantitative estimate of drug-likeness (QED) is 0.569. The fourth-order valence-corrected chi connectivity index (χ4v) is 2.70. The SMILES string of the molecule is CCc1cccnc1C(NN)c1cncc2ccccc12. The van der Waals surface area contributed by atoms with Gasteiger partial charge in [-0.3, -0.25) is 15.8 Å². The molecule has 3 rings (SSSR count). The summed E-state index contributed by atoms with van der Waals surface area (Å²) >= 11 is 0. The number of hydrazine groups is 1. The van der Waals surface area contributed by atoms with E-state index in [1.165, 1.54) is 5.56 Å². The van der Waals surface area contributed by atoms with Gasteiger partial charge in [0.1, 0.15) is 0 Å². The number of aromatic nitrogens is 2. The van der Waals surface area contributed by atoms with Gasteiger partial charge in [0.2, 0.25) is 0 Å². The van der Waals surface area contributed by atoms with Crippen molar-refractivity contribution >= 4 is 10.8 Å². The molecule has 0 aliphatic rings. The second kappa shape index (κ2) is 5.99. The largest absolute Gasteiger partial charge is 0.271 e. The van der Waals surface area contributed by atoms with E-state index in [-0.39, 0.29) is 6.04 Å². The zero-order valence-electron chi connectivity index (χ0n) is 12.0. The predicted octanol–water partition coefficient (Wildman–Crippen LogP) is 2.74. The lowest BCUT2D eigenvalue weighted by atomic mass is 9.96. The van der Waals surface area contributed by atoms with Crippen molar-refractivity contribution in [2.75, 3.05) is 0 Å².